The number of nitrogens with one attached hydrogen (secondary N) is 1. The van der Waals surface area contributed by atoms with Gasteiger partial charge < -0.3 is 15.6 Å². The van der Waals surface area contributed by atoms with Crippen molar-refractivity contribution >= 4 is 23.0 Å². The Morgan fingerprint density at radius 1 is 1.22 bits per heavy atom. The zero-order valence-electron chi connectivity index (χ0n) is 16.8. The van der Waals surface area contributed by atoms with Crippen molar-refractivity contribution in [2.45, 2.75) is 13.1 Å². The first kappa shape index (κ1) is 23.1. The maximum atomic E-state index is 14.5. The maximum absolute atomic E-state index is 14.5. The summed E-state index contributed by atoms with van der Waals surface area (Å²) in [5.74, 6) is -0.560. The summed E-state index contributed by atoms with van der Waals surface area (Å²) >= 11 is 5.85. The van der Waals surface area contributed by atoms with E-state index in [4.69, 9.17) is 17.3 Å². The van der Waals surface area contributed by atoms with Crippen molar-refractivity contribution in [2.75, 3.05) is 5.32 Å². The number of imidazole rings is 1. The summed E-state index contributed by atoms with van der Waals surface area (Å²) < 4.78 is 54.9. The molecular weight excluding hydrogens is 446 g/mol. The average molecular weight is 464 g/mol. The summed E-state index contributed by atoms with van der Waals surface area (Å²) in [6, 6.07) is 10.3. The van der Waals surface area contributed by atoms with E-state index < -0.39 is 17.7 Å². The van der Waals surface area contributed by atoms with E-state index in [2.05, 4.69) is 21.9 Å². The standard InChI is InChI=1S/C22H18ClF4N5/c1-13-11-32(12-29-13)20-8-7-17(9-18(20)24)30-14(2)31-19(10-21(28)22(25,26)27)15-3-5-16(23)6-4-15/h3-12,30H,2,28H2,1H3/b21-10-,31-19+. The molecule has 0 amide bonds. The highest BCUT2D eigenvalue weighted by Gasteiger charge is 2.31. The molecule has 3 N–H and O–H groups in total. The van der Waals surface area contributed by atoms with Gasteiger partial charge in [-0.1, -0.05) is 30.3 Å². The first-order chi connectivity index (χ1) is 15.0. The van der Waals surface area contributed by atoms with E-state index in [1.165, 1.54) is 47.3 Å². The number of benzene rings is 2. The average Bonchev–Trinajstić information content (AvgIpc) is 3.13. The quantitative estimate of drug-likeness (QED) is 0.361. The van der Waals surface area contributed by atoms with Crippen molar-refractivity contribution in [3.8, 4) is 5.69 Å². The number of aliphatic imine (C=N–C) groups is 1. The Hall–Kier alpha value is -3.59. The van der Waals surface area contributed by atoms with Crippen LogP contribution >= 0.6 is 11.6 Å². The molecule has 10 heteroatoms. The van der Waals surface area contributed by atoms with Gasteiger partial charge in [0.15, 0.2) is 0 Å². The number of allylic oxidation sites excluding steroid dienone is 2. The number of anilines is 1. The molecule has 1 aromatic heterocycles. The minimum Gasteiger partial charge on any atom is -0.395 e. The molecule has 0 spiro atoms. The van der Waals surface area contributed by atoms with Crippen LogP contribution in [0, 0.1) is 12.7 Å². The van der Waals surface area contributed by atoms with Gasteiger partial charge in [0.2, 0.25) is 0 Å². The lowest BCUT2D eigenvalue weighted by Crippen LogP contribution is -2.21. The molecule has 3 aromatic rings. The van der Waals surface area contributed by atoms with Gasteiger partial charge in [-0.3, -0.25) is 0 Å². The number of nitrogens with zero attached hydrogens (tertiary/aromatic N) is 3. The van der Waals surface area contributed by atoms with Crippen molar-refractivity contribution in [2.24, 2.45) is 10.7 Å². The normalized spacial score (nSPS) is 12.7. The molecule has 0 radical (unpaired) electrons. The zero-order chi connectivity index (χ0) is 23.5. The molecule has 0 fully saturated rings. The molecule has 5 nitrogen and oxygen atoms in total. The van der Waals surface area contributed by atoms with E-state index in [-0.39, 0.29) is 17.2 Å². The maximum Gasteiger partial charge on any atom is 0.430 e. The molecule has 0 aliphatic heterocycles. The monoisotopic (exact) mass is 463 g/mol. The Labute approximate surface area is 186 Å². The number of aromatic nitrogens is 2. The minimum atomic E-state index is -4.73. The third kappa shape index (κ3) is 5.76. The molecule has 166 valence electrons. The second-order valence-corrected chi connectivity index (χ2v) is 7.20. The minimum absolute atomic E-state index is 0.0215. The molecule has 0 saturated carbocycles. The van der Waals surface area contributed by atoms with Crippen molar-refractivity contribution < 1.29 is 17.6 Å². The van der Waals surface area contributed by atoms with E-state index >= 15 is 0 Å². The van der Waals surface area contributed by atoms with Gasteiger partial charge in [-0.15, -0.1) is 0 Å². The summed E-state index contributed by atoms with van der Waals surface area (Å²) in [7, 11) is 0. The largest absolute Gasteiger partial charge is 0.430 e. The van der Waals surface area contributed by atoms with Gasteiger partial charge in [-0.2, -0.15) is 13.2 Å². The molecule has 0 unspecified atom stereocenters. The fourth-order valence-electron chi connectivity index (χ4n) is 2.72. The number of hydrogen-bond donors (Lipinski definition) is 2. The predicted octanol–water partition coefficient (Wildman–Crippen LogP) is 5.75. The molecule has 0 aliphatic carbocycles. The van der Waals surface area contributed by atoms with Crippen molar-refractivity contribution in [3.05, 3.63) is 101 Å². The third-order valence-corrected chi connectivity index (χ3v) is 4.49. The van der Waals surface area contributed by atoms with E-state index in [1.807, 2.05) is 0 Å². The third-order valence-electron chi connectivity index (χ3n) is 4.24. The molecule has 0 aliphatic rings. The molecule has 0 atom stereocenters. The van der Waals surface area contributed by atoms with Gasteiger partial charge >= 0.3 is 6.18 Å². The van der Waals surface area contributed by atoms with E-state index in [0.717, 1.165) is 5.69 Å². The van der Waals surface area contributed by atoms with E-state index in [9.17, 15) is 17.6 Å². The van der Waals surface area contributed by atoms with Gasteiger partial charge in [-0.25, -0.2) is 14.4 Å². The Morgan fingerprint density at radius 3 is 2.47 bits per heavy atom. The summed E-state index contributed by atoms with van der Waals surface area (Å²) in [4.78, 5) is 8.17. The first-order valence-corrected chi connectivity index (χ1v) is 9.56. The summed E-state index contributed by atoms with van der Waals surface area (Å²) in [6.07, 6.45) is -0.877. The van der Waals surface area contributed by atoms with E-state index in [1.54, 1.807) is 19.2 Å². The number of nitrogens with two attached hydrogens (primary N) is 1. The molecule has 3 rings (SSSR count). The first-order valence-electron chi connectivity index (χ1n) is 9.18. The summed E-state index contributed by atoms with van der Waals surface area (Å²) in [6.45, 7) is 5.48. The van der Waals surface area contributed by atoms with Crippen LogP contribution < -0.4 is 11.1 Å². The second kappa shape index (κ2) is 9.27. The van der Waals surface area contributed by atoms with E-state index in [0.29, 0.717) is 22.3 Å². The van der Waals surface area contributed by atoms with Crippen molar-refractivity contribution in [1.82, 2.24) is 9.55 Å². The molecule has 0 bridgehead atoms. The lowest BCUT2D eigenvalue weighted by molar-refractivity contribution is -0.0925. The van der Waals surface area contributed by atoms with Crippen molar-refractivity contribution in [3.63, 3.8) is 0 Å². The highest BCUT2D eigenvalue weighted by Crippen LogP contribution is 2.23. The molecule has 32 heavy (non-hydrogen) atoms. The van der Waals surface area contributed by atoms with Crippen LogP contribution in [0.2, 0.25) is 5.02 Å². The van der Waals surface area contributed by atoms with Crippen LogP contribution in [0.3, 0.4) is 0 Å². The fourth-order valence-corrected chi connectivity index (χ4v) is 2.84. The fraction of sp³-hybridized carbons (Fsp3) is 0.0909. The number of halogens is 5. The van der Waals surface area contributed by atoms with Crippen LogP contribution in [0.4, 0.5) is 23.2 Å². The SMILES string of the molecule is C=C(/N=C(\C=C(/N)C(F)(F)F)c1ccc(Cl)cc1)Nc1ccc(-n2cnc(C)c2)c(F)c1. The number of rotatable bonds is 6. The second-order valence-electron chi connectivity index (χ2n) is 6.76. The zero-order valence-corrected chi connectivity index (χ0v) is 17.5. The summed E-state index contributed by atoms with van der Waals surface area (Å²) in [5, 5.41) is 3.17. The van der Waals surface area contributed by atoms with Crippen LogP contribution in [0.1, 0.15) is 11.3 Å². The lowest BCUT2D eigenvalue weighted by atomic mass is 10.1. The van der Waals surface area contributed by atoms with Crippen LogP contribution in [-0.4, -0.2) is 21.4 Å². The van der Waals surface area contributed by atoms with Gasteiger partial charge in [0.25, 0.3) is 0 Å². The summed E-state index contributed by atoms with van der Waals surface area (Å²) in [5.41, 5.74) is 5.39. The number of aryl methyl sites for hydroxylation is 1. The molecule has 1 heterocycles. The Bertz CT molecular complexity index is 1190. The topological polar surface area (TPSA) is 68.2 Å². The van der Waals surface area contributed by atoms with Gasteiger partial charge in [0.1, 0.15) is 17.3 Å². The highest BCUT2D eigenvalue weighted by atomic mass is 35.5. The molecular formula is C22H18ClF4N5. The number of alkyl halides is 3. The predicted molar refractivity (Wildman–Crippen MR) is 117 cm³/mol. The van der Waals surface area contributed by atoms with Crippen molar-refractivity contribution in [1.29, 1.82) is 0 Å². The van der Waals surface area contributed by atoms with Crippen LogP contribution in [0.15, 0.2) is 84.2 Å². The van der Waals surface area contributed by atoms with Crippen LogP contribution in [0.5, 0.6) is 0 Å². The Kier molecular flexibility index (Phi) is 6.69. The van der Waals surface area contributed by atoms with Gasteiger partial charge in [-0.05, 0) is 43.3 Å². The molecule has 0 saturated heterocycles. The van der Waals surface area contributed by atoms with Crippen LogP contribution in [-0.2, 0) is 0 Å². The highest BCUT2D eigenvalue weighted by molar-refractivity contribution is 6.30. The Morgan fingerprint density at radius 2 is 1.91 bits per heavy atom. The van der Waals surface area contributed by atoms with Gasteiger partial charge in [0, 0.05) is 22.5 Å². The van der Waals surface area contributed by atoms with Gasteiger partial charge in [0.05, 0.1) is 23.4 Å². The van der Waals surface area contributed by atoms with Crippen LogP contribution in [0.25, 0.3) is 5.69 Å². The Balaban J connectivity index is 1.88. The number of hydrogen-bond acceptors (Lipinski definition) is 4. The lowest BCUT2D eigenvalue weighted by Gasteiger charge is -2.11. The smallest absolute Gasteiger partial charge is 0.395 e. The molecule has 2 aromatic carbocycles.